The fourth-order valence-electron chi connectivity index (χ4n) is 3.43. The van der Waals surface area contributed by atoms with Crippen LogP contribution in [0.25, 0.3) is 28.6 Å². The van der Waals surface area contributed by atoms with Gasteiger partial charge in [-0.15, -0.1) is 0 Å². The van der Waals surface area contributed by atoms with E-state index in [9.17, 15) is 18.0 Å². The molecule has 0 N–H and O–H groups in total. The van der Waals surface area contributed by atoms with Crippen LogP contribution in [0.1, 0.15) is 33.8 Å². The Morgan fingerprint density at radius 2 is 1.79 bits per heavy atom. The van der Waals surface area contributed by atoms with Crippen molar-refractivity contribution in [3.63, 3.8) is 0 Å². The third-order valence-corrected chi connectivity index (χ3v) is 5.52. The van der Waals surface area contributed by atoms with E-state index >= 15 is 4.39 Å². The highest BCUT2D eigenvalue weighted by molar-refractivity contribution is 6.30. The van der Waals surface area contributed by atoms with Crippen molar-refractivity contribution in [2.75, 3.05) is 0 Å². The van der Waals surface area contributed by atoms with Gasteiger partial charge in [0.2, 0.25) is 5.43 Å². The van der Waals surface area contributed by atoms with Gasteiger partial charge in [0.05, 0.1) is 11.2 Å². The summed E-state index contributed by atoms with van der Waals surface area (Å²) in [5.41, 5.74) is 0.312. The first kappa shape index (κ1) is 23.6. The zero-order chi connectivity index (χ0) is 24.8. The Morgan fingerprint density at radius 3 is 2.47 bits per heavy atom. The molecule has 0 fully saturated rings. The number of alkyl halides is 3. The summed E-state index contributed by atoms with van der Waals surface area (Å²) in [7, 11) is 0. The van der Waals surface area contributed by atoms with Crippen LogP contribution in [-0.2, 0) is 6.18 Å². The summed E-state index contributed by atoms with van der Waals surface area (Å²) in [6, 6.07) is 8.61. The molecule has 4 aromatic rings. The Hall–Kier alpha value is -3.59. The molecular formula is C24H17ClF4N4O. The molecule has 3 heterocycles. The second-order valence-electron chi connectivity index (χ2n) is 7.74. The van der Waals surface area contributed by atoms with Gasteiger partial charge >= 0.3 is 6.18 Å². The first-order valence-corrected chi connectivity index (χ1v) is 10.4. The number of nitrogens with zero attached hydrogens (tertiary/aromatic N) is 4. The molecule has 1 aromatic carbocycles. The smallest absolute Gasteiger partial charge is 0.285 e. The van der Waals surface area contributed by atoms with E-state index in [0.717, 1.165) is 17.8 Å². The molecule has 0 radical (unpaired) electrons. The van der Waals surface area contributed by atoms with Crippen molar-refractivity contribution >= 4 is 34.5 Å². The molecule has 0 amide bonds. The lowest BCUT2D eigenvalue weighted by Crippen LogP contribution is -2.19. The van der Waals surface area contributed by atoms with Crippen molar-refractivity contribution in [2.45, 2.75) is 26.9 Å². The van der Waals surface area contributed by atoms with Crippen LogP contribution in [0.4, 0.5) is 17.6 Å². The number of aromatic nitrogens is 4. The Morgan fingerprint density at radius 1 is 1.06 bits per heavy atom. The average Bonchev–Trinajstić information content (AvgIpc) is 2.75. The SMILES string of the molecule is Cc1cc(Cl)ccc1-n1nc(/C(F)=C/c2ccnc(C(F)(F)F)c2)c(=O)c2nc(C)c(C)cc21. The highest BCUT2D eigenvalue weighted by Crippen LogP contribution is 2.29. The molecule has 0 unspecified atom stereocenters. The molecule has 0 saturated carbocycles. The topological polar surface area (TPSA) is 60.7 Å². The van der Waals surface area contributed by atoms with Crippen LogP contribution in [-0.4, -0.2) is 19.7 Å². The van der Waals surface area contributed by atoms with E-state index in [0.29, 0.717) is 33.6 Å². The Bertz CT molecular complexity index is 1530. The van der Waals surface area contributed by atoms with Gasteiger partial charge in [-0.25, -0.2) is 14.1 Å². The van der Waals surface area contributed by atoms with Gasteiger partial charge in [0.1, 0.15) is 11.2 Å². The minimum Gasteiger partial charge on any atom is -0.285 e. The van der Waals surface area contributed by atoms with Crippen LogP contribution in [0.3, 0.4) is 0 Å². The molecule has 0 aliphatic rings. The third-order valence-electron chi connectivity index (χ3n) is 5.29. The monoisotopic (exact) mass is 488 g/mol. The second kappa shape index (κ2) is 8.64. The Balaban J connectivity index is 1.98. The van der Waals surface area contributed by atoms with Crippen molar-refractivity contribution in [1.29, 1.82) is 0 Å². The number of benzene rings is 1. The van der Waals surface area contributed by atoms with Crippen molar-refractivity contribution in [2.24, 2.45) is 0 Å². The fraction of sp³-hybridized carbons (Fsp3) is 0.167. The van der Waals surface area contributed by atoms with Gasteiger partial charge < -0.3 is 0 Å². The highest BCUT2D eigenvalue weighted by atomic mass is 35.5. The predicted molar refractivity (Wildman–Crippen MR) is 123 cm³/mol. The summed E-state index contributed by atoms with van der Waals surface area (Å²) in [6.45, 7) is 5.32. The summed E-state index contributed by atoms with van der Waals surface area (Å²) in [5, 5.41) is 4.73. The molecule has 10 heteroatoms. The molecule has 34 heavy (non-hydrogen) atoms. The molecule has 0 spiro atoms. The second-order valence-corrected chi connectivity index (χ2v) is 8.18. The number of pyridine rings is 2. The van der Waals surface area contributed by atoms with Crippen LogP contribution in [0.5, 0.6) is 0 Å². The third kappa shape index (κ3) is 4.43. The molecule has 0 aliphatic heterocycles. The number of hydrogen-bond acceptors (Lipinski definition) is 4. The molecule has 5 nitrogen and oxygen atoms in total. The van der Waals surface area contributed by atoms with Gasteiger partial charge in [0.25, 0.3) is 0 Å². The molecule has 0 atom stereocenters. The van der Waals surface area contributed by atoms with Crippen LogP contribution < -0.4 is 5.43 Å². The lowest BCUT2D eigenvalue weighted by molar-refractivity contribution is -0.141. The van der Waals surface area contributed by atoms with Gasteiger partial charge in [-0.2, -0.15) is 18.3 Å². The summed E-state index contributed by atoms with van der Waals surface area (Å²) in [4.78, 5) is 20.8. The molecule has 0 saturated heterocycles. The first-order valence-electron chi connectivity index (χ1n) is 10.0. The fourth-order valence-corrected chi connectivity index (χ4v) is 3.66. The lowest BCUT2D eigenvalue weighted by Gasteiger charge is -2.15. The summed E-state index contributed by atoms with van der Waals surface area (Å²) < 4.78 is 55.7. The summed E-state index contributed by atoms with van der Waals surface area (Å²) in [6.07, 6.45) is -2.97. The average molecular weight is 489 g/mol. The normalized spacial score (nSPS) is 12.4. The maximum atomic E-state index is 15.3. The van der Waals surface area contributed by atoms with Gasteiger partial charge in [0, 0.05) is 16.9 Å². The van der Waals surface area contributed by atoms with Crippen LogP contribution >= 0.6 is 11.6 Å². The predicted octanol–water partition coefficient (Wildman–Crippen LogP) is 6.24. The van der Waals surface area contributed by atoms with E-state index in [2.05, 4.69) is 15.1 Å². The van der Waals surface area contributed by atoms with Crippen molar-refractivity contribution in [3.05, 3.63) is 91.6 Å². The van der Waals surface area contributed by atoms with E-state index in [4.69, 9.17) is 11.6 Å². The van der Waals surface area contributed by atoms with E-state index in [-0.39, 0.29) is 11.1 Å². The lowest BCUT2D eigenvalue weighted by atomic mass is 10.1. The van der Waals surface area contributed by atoms with E-state index < -0.39 is 28.8 Å². The van der Waals surface area contributed by atoms with Gasteiger partial charge in [0.15, 0.2) is 11.5 Å². The number of aryl methyl sites for hydroxylation is 3. The maximum Gasteiger partial charge on any atom is 0.433 e. The van der Waals surface area contributed by atoms with Gasteiger partial charge in [-0.05, 0) is 79.9 Å². The van der Waals surface area contributed by atoms with Gasteiger partial charge in [-0.1, -0.05) is 11.6 Å². The van der Waals surface area contributed by atoms with Crippen LogP contribution in [0.15, 0.2) is 47.4 Å². The largest absolute Gasteiger partial charge is 0.433 e. The number of halogens is 5. The van der Waals surface area contributed by atoms with E-state index in [1.54, 1.807) is 38.1 Å². The molecule has 4 rings (SSSR count). The number of hydrogen-bond donors (Lipinski definition) is 0. The molecule has 0 aliphatic carbocycles. The number of rotatable bonds is 3. The van der Waals surface area contributed by atoms with Gasteiger partial charge in [-0.3, -0.25) is 9.78 Å². The first-order chi connectivity index (χ1) is 16.0. The number of fused-ring (bicyclic) bond motifs is 1. The highest BCUT2D eigenvalue weighted by Gasteiger charge is 2.32. The maximum absolute atomic E-state index is 15.3. The quantitative estimate of drug-likeness (QED) is 0.320. The van der Waals surface area contributed by atoms with E-state index in [1.807, 2.05) is 6.92 Å². The molecular weight excluding hydrogens is 472 g/mol. The standard InChI is InChI=1S/C24H17ClF4N4O/c1-12-9-19-22(31-14(12)3)23(34)21(32-33(19)18-5-4-16(25)8-13(18)2)17(26)10-15-6-7-30-20(11-15)24(27,28)29/h4-11H,1-3H3/b17-10-. The van der Waals surface area contributed by atoms with E-state index in [1.165, 1.54) is 10.7 Å². The summed E-state index contributed by atoms with van der Waals surface area (Å²) in [5.74, 6) is -1.10. The van der Waals surface area contributed by atoms with Crippen LogP contribution in [0, 0.1) is 20.8 Å². The minimum atomic E-state index is -4.69. The molecule has 3 aromatic heterocycles. The van der Waals surface area contributed by atoms with Crippen molar-refractivity contribution in [3.8, 4) is 5.69 Å². The van der Waals surface area contributed by atoms with Crippen LogP contribution in [0.2, 0.25) is 5.02 Å². The molecule has 0 bridgehead atoms. The summed E-state index contributed by atoms with van der Waals surface area (Å²) >= 11 is 6.06. The Kier molecular flexibility index (Phi) is 5.99. The molecule has 174 valence electrons. The van der Waals surface area contributed by atoms with Crippen molar-refractivity contribution in [1.82, 2.24) is 19.7 Å². The minimum absolute atomic E-state index is 0.0169. The Labute approximate surface area is 196 Å². The zero-order valence-corrected chi connectivity index (χ0v) is 19.0. The zero-order valence-electron chi connectivity index (χ0n) is 18.2. The van der Waals surface area contributed by atoms with Crippen molar-refractivity contribution < 1.29 is 17.6 Å².